The lowest BCUT2D eigenvalue weighted by Gasteiger charge is -2.24. The summed E-state index contributed by atoms with van der Waals surface area (Å²) in [6.07, 6.45) is -0.314. The second-order valence-corrected chi connectivity index (χ2v) is 6.28. The molecule has 3 rings (SSSR count). The first-order chi connectivity index (χ1) is 13.4. The van der Waals surface area contributed by atoms with Crippen LogP contribution >= 0.6 is 0 Å². The molecule has 0 aromatic heterocycles. The van der Waals surface area contributed by atoms with E-state index in [1.54, 1.807) is 54.6 Å². The van der Waals surface area contributed by atoms with Gasteiger partial charge in [0.15, 0.2) is 0 Å². The second kappa shape index (κ2) is 7.96. The molecule has 1 fully saturated rings. The molecule has 7 nitrogen and oxygen atoms in total. The predicted octanol–water partition coefficient (Wildman–Crippen LogP) is 2.59. The Bertz CT molecular complexity index is 933. The van der Waals surface area contributed by atoms with E-state index < -0.39 is 23.7 Å². The Morgan fingerprint density at radius 1 is 1.04 bits per heavy atom. The standard InChI is InChI=1S/C21H19NO6/c1-28-15-9-7-13(8-10-15)18-17(19(25)14-5-3-2-4-6-14)20(26)21(27)22(18)12-11-16(23)24/h2-10,18,25H,11-12H2,1H3,(H,23,24)/b19-17-/t18-/m0/s1. The number of ketones is 1. The number of ether oxygens (including phenoxy) is 1. The van der Waals surface area contributed by atoms with E-state index >= 15 is 0 Å². The molecular formula is C21H19NO6. The van der Waals surface area contributed by atoms with Crippen molar-refractivity contribution in [2.24, 2.45) is 0 Å². The topological polar surface area (TPSA) is 104 Å². The second-order valence-electron chi connectivity index (χ2n) is 6.28. The Morgan fingerprint density at radius 3 is 2.25 bits per heavy atom. The van der Waals surface area contributed by atoms with E-state index in [1.165, 1.54) is 12.0 Å². The number of hydrogen-bond acceptors (Lipinski definition) is 5. The Labute approximate surface area is 161 Å². The minimum atomic E-state index is -1.08. The fourth-order valence-electron chi connectivity index (χ4n) is 3.21. The number of methoxy groups -OCH3 is 1. The van der Waals surface area contributed by atoms with E-state index in [4.69, 9.17) is 9.84 Å². The summed E-state index contributed by atoms with van der Waals surface area (Å²) in [5.41, 5.74) is 0.909. The molecule has 1 saturated heterocycles. The molecule has 7 heteroatoms. The third-order valence-electron chi connectivity index (χ3n) is 4.59. The first-order valence-corrected chi connectivity index (χ1v) is 8.63. The summed E-state index contributed by atoms with van der Waals surface area (Å²) in [5, 5.41) is 19.8. The molecule has 2 aromatic rings. The van der Waals surface area contributed by atoms with Crippen LogP contribution in [0.4, 0.5) is 0 Å². The number of Topliss-reactive ketones (excluding diaryl/α,β-unsaturated/α-hetero) is 1. The lowest BCUT2D eigenvalue weighted by molar-refractivity contribution is -0.142. The molecule has 0 aliphatic carbocycles. The summed E-state index contributed by atoms with van der Waals surface area (Å²) < 4.78 is 5.14. The van der Waals surface area contributed by atoms with Gasteiger partial charge in [0.05, 0.1) is 25.1 Å². The number of rotatable bonds is 6. The number of aliphatic carboxylic acids is 1. The molecule has 0 bridgehead atoms. The molecule has 0 unspecified atom stereocenters. The minimum Gasteiger partial charge on any atom is -0.507 e. The molecule has 0 saturated carbocycles. The first kappa shape index (κ1) is 19.2. The lowest BCUT2D eigenvalue weighted by Crippen LogP contribution is -2.31. The highest BCUT2D eigenvalue weighted by Crippen LogP contribution is 2.39. The first-order valence-electron chi connectivity index (χ1n) is 8.63. The summed E-state index contributed by atoms with van der Waals surface area (Å²) in [4.78, 5) is 37.5. The van der Waals surface area contributed by atoms with Gasteiger partial charge < -0.3 is 19.8 Å². The number of likely N-dealkylation sites (tertiary alicyclic amines) is 1. The minimum absolute atomic E-state index is 0.0632. The van der Waals surface area contributed by atoms with E-state index in [0.29, 0.717) is 16.9 Å². The van der Waals surface area contributed by atoms with E-state index in [0.717, 1.165) is 0 Å². The van der Waals surface area contributed by atoms with Crippen LogP contribution in [0, 0.1) is 0 Å². The summed E-state index contributed by atoms with van der Waals surface area (Å²) in [6, 6.07) is 14.3. The zero-order valence-electron chi connectivity index (χ0n) is 15.2. The maximum Gasteiger partial charge on any atom is 0.305 e. The van der Waals surface area contributed by atoms with Crippen LogP contribution in [0.1, 0.15) is 23.6 Å². The molecule has 2 aromatic carbocycles. The van der Waals surface area contributed by atoms with Crippen molar-refractivity contribution in [3.05, 3.63) is 71.3 Å². The van der Waals surface area contributed by atoms with Gasteiger partial charge >= 0.3 is 5.97 Å². The number of aliphatic hydroxyl groups is 1. The van der Waals surface area contributed by atoms with Gasteiger partial charge in [-0.05, 0) is 17.7 Å². The van der Waals surface area contributed by atoms with Gasteiger partial charge in [-0.25, -0.2) is 0 Å². The third kappa shape index (κ3) is 3.59. The van der Waals surface area contributed by atoms with Crippen molar-refractivity contribution in [2.75, 3.05) is 13.7 Å². The maximum atomic E-state index is 12.7. The van der Waals surface area contributed by atoms with Crippen LogP contribution in [0.15, 0.2) is 60.2 Å². The van der Waals surface area contributed by atoms with Gasteiger partial charge in [-0.1, -0.05) is 42.5 Å². The van der Waals surface area contributed by atoms with Crippen molar-refractivity contribution < 1.29 is 29.3 Å². The van der Waals surface area contributed by atoms with Crippen LogP contribution in [0.2, 0.25) is 0 Å². The molecule has 1 aliphatic heterocycles. The highest BCUT2D eigenvalue weighted by atomic mass is 16.5. The highest BCUT2D eigenvalue weighted by molar-refractivity contribution is 6.46. The van der Waals surface area contributed by atoms with Gasteiger partial charge in [0.2, 0.25) is 0 Å². The number of aliphatic hydroxyl groups excluding tert-OH is 1. The van der Waals surface area contributed by atoms with E-state index in [9.17, 15) is 19.5 Å². The van der Waals surface area contributed by atoms with Crippen LogP contribution in [-0.4, -0.2) is 46.4 Å². The molecule has 2 N–H and O–H groups in total. The summed E-state index contributed by atoms with van der Waals surface area (Å²) in [5.74, 6) is -2.46. The van der Waals surface area contributed by atoms with Gasteiger partial charge in [0, 0.05) is 12.1 Å². The number of carbonyl (C=O) groups excluding carboxylic acids is 2. The van der Waals surface area contributed by atoms with Gasteiger partial charge in [-0.15, -0.1) is 0 Å². The molecule has 1 amide bonds. The van der Waals surface area contributed by atoms with Crippen molar-refractivity contribution >= 4 is 23.4 Å². The summed E-state index contributed by atoms with van der Waals surface area (Å²) >= 11 is 0. The number of benzene rings is 2. The predicted molar refractivity (Wildman–Crippen MR) is 101 cm³/mol. The molecule has 28 heavy (non-hydrogen) atoms. The van der Waals surface area contributed by atoms with Crippen molar-refractivity contribution in [3.63, 3.8) is 0 Å². The SMILES string of the molecule is COc1ccc([C@H]2/C(=C(/O)c3ccccc3)C(=O)C(=O)N2CCC(=O)O)cc1. The number of nitrogens with zero attached hydrogens (tertiary/aromatic N) is 1. The van der Waals surface area contributed by atoms with Crippen molar-refractivity contribution in [3.8, 4) is 5.75 Å². The average molecular weight is 381 g/mol. The lowest BCUT2D eigenvalue weighted by atomic mass is 9.95. The smallest absolute Gasteiger partial charge is 0.305 e. The number of carboxylic acids is 1. The van der Waals surface area contributed by atoms with Crippen LogP contribution in [0.25, 0.3) is 5.76 Å². The molecule has 1 aliphatic rings. The van der Waals surface area contributed by atoms with E-state index in [2.05, 4.69) is 0 Å². The molecule has 1 atom stereocenters. The Hall–Kier alpha value is -3.61. The van der Waals surface area contributed by atoms with Crippen LogP contribution in [0.5, 0.6) is 5.75 Å². The maximum absolute atomic E-state index is 12.7. The fraction of sp³-hybridized carbons (Fsp3) is 0.190. The normalized spacial score (nSPS) is 18.3. The zero-order chi connectivity index (χ0) is 20.3. The highest BCUT2D eigenvalue weighted by Gasteiger charge is 2.46. The fourth-order valence-corrected chi connectivity index (χ4v) is 3.21. The number of amides is 1. The van der Waals surface area contributed by atoms with Crippen LogP contribution in [0.3, 0.4) is 0 Å². The van der Waals surface area contributed by atoms with Gasteiger partial charge in [-0.3, -0.25) is 14.4 Å². The molecule has 1 heterocycles. The monoisotopic (exact) mass is 381 g/mol. The quantitative estimate of drug-likeness (QED) is 0.453. The number of carboxylic acid groups (broad SMARTS) is 1. The molecule has 0 radical (unpaired) electrons. The number of hydrogen-bond donors (Lipinski definition) is 2. The van der Waals surface area contributed by atoms with E-state index in [-0.39, 0.29) is 24.3 Å². The Balaban J connectivity index is 2.13. The largest absolute Gasteiger partial charge is 0.507 e. The molecule has 0 spiro atoms. The van der Waals surface area contributed by atoms with Gasteiger partial charge in [0.25, 0.3) is 11.7 Å². The third-order valence-corrected chi connectivity index (χ3v) is 4.59. The van der Waals surface area contributed by atoms with Gasteiger partial charge in [-0.2, -0.15) is 0 Å². The van der Waals surface area contributed by atoms with Crippen molar-refractivity contribution in [2.45, 2.75) is 12.5 Å². The summed E-state index contributed by atoms with van der Waals surface area (Å²) in [7, 11) is 1.52. The Morgan fingerprint density at radius 2 is 1.68 bits per heavy atom. The number of carbonyl (C=O) groups is 3. The Kier molecular flexibility index (Phi) is 5.44. The summed E-state index contributed by atoms with van der Waals surface area (Å²) in [6.45, 7) is -0.151. The van der Waals surface area contributed by atoms with Crippen LogP contribution < -0.4 is 4.74 Å². The van der Waals surface area contributed by atoms with Crippen molar-refractivity contribution in [1.29, 1.82) is 0 Å². The van der Waals surface area contributed by atoms with E-state index in [1.807, 2.05) is 0 Å². The van der Waals surface area contributed by atoms with Crippen LogP contribution in [-0.2, 0) is 14.4 Å². The molecule has 144 valence electrons. The van der Waals surface area contributed by atoms with Gasteiger partial charge in [0.1, 0.15) is 11.5 Å². The average Bonchev–Trinajstić information content (AvgIpc) is 2.97. The zero-order valence-corrected chi connectivity index (χ0v) is 15.2. The molecular weight excluding hydrogens is 362 g/mol. The van der Waals surface area contributed by atoms with Crippen molar-refractivity contribution in [1.82, 2.24) is 4.90 Å².